The van der Waals surface area contributed by atoms with E-state index in [1.807, 2.05) is 55.1 Å². The molecule has 0 bridgehead atoms. The van der Waals surface area contributed by atoms with Crippen molar-refractivity contribution in [3.8, 4) is 0 Å². The number of likely N-dealkylation sites (tertiary alicyclic amines) is 1. The Labute approximate surface area is 286 Å². The number of benzene rings is 2. The number of carbonyl (C=O) groups is 6. The fourth-order valence-corrected chi connectivity index (χ4v) is 7.04. The van der Waals surface area contributed by atoms with E-state index < -0.39 is 53.5 Å². The second-order valence-electron chi connectivity index (χ2n) is 12.5. The summed E-state index contributed by atoms with van der Waals surface area (Å²) in [6, 6.07) is 15.1. The number of amides is 5. The Morgan fingerprint density at radius 3 is 1.98 bits per heavy atom. The lowest BCUT2D eigenvalue weighted by molar-refractivity contribution is -0.140. The van der Waals surface area contributed by atoms with Gasteiger partial charge in [0.15, 0.2) is 0 Å². The molecule has 0 spiro atoms. The van der Waals surface area contributed by atoms with Crippen LogP contribution >= 0.6 is 11.8 Å². The highest BCUT2D eigenvalue weighted by atomic mass is 32.2. The van der Waals surface area contributed by atoms with Crippen molar-refractivity contribution in [1.82, 2.24) is 20.9 Å². The van der Waals surface area contributed by atoms with Crippen molar-refractivity contribution in [2.24, 2.45) is 11.7 Å². The molecule has 260 valence electrons. The van der Waals surface area contributed by atoms with Crippen molar-refractivity contribution in [3.05, 3.63) is 71.8 Å². The van der Waals surface area contributed by atoms with Gasteiger partial charge in [-0.25, -0.2) is 0 Å². The molecule has 0 radical (unpaired) electrons. The first-order valence-electron chi connectivity index (χ1n) is 16.2. The molecule has 48 heavy (non-hydrogen) atoms. The highest BCUT2D eigenvalue weighted by Gasteiger charge is 2.36. The number of nitrogens with zero attached hydrogens (tertiary/aromatic N) is 1. The Morgan fingerprint density at radius 2 is 1.44 bits per heavy atom. The van der Waals surface area contributed by atoms with Crippen LogP contribution in [0.15, 0.2) is 60.7 Å². The number of nitrogens with one attached hydrogen (secondary N) is 3. The van der Waals surface area contributed by atoms with Gasteiger partial charge in [0.2, 0.25) is 29.5 Å². The molecular weight excluding hydrogens is 634 g/mol. The number of carboxylic acid groups (broad SMARTS) is 1. The first-order chi connectivity index (χ1) is 22.8. The zero-order chi connectivity index (χ0) is 35.2. The highest BCUT2D eigenvalue weighted by Crippen LogP contribution is 2.27. The van der Waals surface area contributed by atoms with Crippen LogP contribution in [0.3, 0.4) is 0 Å². The van der Waals surface area contributed by atoms with Gasteiger partial charge < -0.3 is 31.7 Å². The SMILES string of the molecule is CC(=O)N[C@@H](CC(C)C)C(=O)N1CCC[C@H]1CS[C@@H](Cc1ccccc1)C(=O)N[C@H](Cc1ccccc1)C(=O)N[C@@H](CC(=O)O)C(N)=O. The molecule has 1 aliphatic heterocycles. The summed E-state index contributed by atoms with van der Waals surface area (Å²) in [5, 5.41) is 16.6. The van der Waals surface area contributed by atoms with Crippen LogP contribution in [0, 0.1) is 5.92 Å². The van der Waals surface area contributed by atoms with Crippen molar-refractivity contribution < 1.29 is 33.9 Å². The summed E-state index contributed by atoms with van der Waals surface area (Å²) in [6.07, 6.45) is 1.81. The maximum Gasteiger partial charge on any atom is 0.305 e. The maximum atomic E-state index is 14.0. The second-order valence-corrected chi connectivity index (χ2v) is 13.8. The molecule has 13 heteroatoms. The topological polar surface area (TPSA) is 188 Å². The Bertz CT molecular complexity index is 1410. The number of thioether (sulfide) groups is 1. The molecule has 2 aromatic rings. The summed E-state index contributed by atoms with van der Waals surface area (Å²) in [6.45, 7) is 5.95. The molecule has 0 unspecified atom stereocenters. The molecule has 0 aromatic heterocycles. The number of hydrogen-bond acceptors (Lipinski definition) is 7. The van der Waals surface area contributed by atoms with Crippen molar-refractivity contribution in [3.63, 3.8) is 0 Å². The van der Waals surface area contributed by atoms with E-state index in [2.05, 4.69) is 16.0 Å². The van der Waals surface area contributed by atoms with Gasteiger partial charge in [0.05, 0.1) is 11.7 Å². The first kappa shape index (κ1) is 38.1. The Hall–Kier alpha value is -4.39. The van der Waals surface area contributed by atoms with Crippen LogP contribution in [0.5, 0.6) is 0 Å². The van der Waals surface area contributed by atoms with Crippen LogP contribution in [0.4, 0.5) is 0 Å². The van der Waals surface area contributed by atoms with Crippen LogP contribution in [-0.4, -0.2) is 87.2 Å². The monoisotopic (exact) mass is 681 g/mol. The molecule has 0 saturated carbocycles. The van der Waals surface area contributed by atoms with Crippen molar-refractivity contribution >= 4 is 47.3 Å². The van der Waals surface area contributed by atoms with E-state index in [0.717, 1.165) is 24.0 Å². The summed E-state index contributed by atoms with van der Waals surface area (Å²) in [4.78, 5) is 78.0. The zero-order valence-electron chi connectivity index (χ0n) is 27.7. The normalized spacial score (nSPS) is 16.8. The van der Waals surface area contributed by atoms with E-state index in [4.69, 9.17) is 5.73 Å². The largest absolute Gasteiger partial charge is 0.481 e. The van der Waals surface area contributed by atoms with Crippen LogP contribution in [0.2, 0.25) is 0 Å². The Kier molecular flexibility index (Phi) is 14.9. The molecule has 3 rings (SSSR count). The number of carboxylic acids is 1. The van der Waals surface area contributed by atoms with E-state index in [1.165, 1.54) is 18.7 Å². The number of aliphatic carboxylic acids is 1. The molecule has 5 amide bonds. The zero-order valence-corrected chi connectivity index (χ0v) is 28.5. The summed E-state index contributed by atoms with van der Waals surface area (Å²) >= 11 is 1.39. The first-order valence-corrected chi connectivity index (χ1v) is 17.3. The average molecular weight is 682 g/mol. The third-order valence-electron chi connectivity index (χ3n) is 8.04. The van der Waals surface area contributed by atoms with Gasteiger partial charge in [-0.05, 0) is 42.7 Å². The summed E-state index contributed by atoms with van der Waals surface area (Å²) in [5.41, 5.74) is 7.02. The fraction of sp³-hybridized carbons (Fsp3) is 0.486. The van der Waals surface area contributed by atoms with E-state index in [-0.39, 0.29) is 30.2 Å². The van der Waals surface area contributed by atoms with Crippen LogP contribution in [-0.2, 0) is 41.6 Å². The molecule has 2 aromatic carbocycles. The number of rotatable bonds is 18. The van der Waals surface area contributed by atoms with Gasteiger partial charge in [0.25, 0.3) is 0 Å². The summed E-state index contributed by atoms with van der Waals surface area (Å²) < 4.78 is 0. The average Bonchev–Trinajstić information content (AvgIpc) is 3.50. The molecular formula is C35H47N5O7S. The minimum Gasteiger partial charge on any atom is -0.481 e. The minimum atomic E-state index is -1.46. The van der Waals surface area contributed by atoms with E-state index in [0.29, 0.717) is 25.1 Å². The Balaban J connectivity index is 1.82. The minimum absolute atomic E-state index is 0.0883. The second kappa shape index (κ2) is 18.8. The molecule has 1 aliphatic rings. The summed E-state index contributed by atoms with van der Waals surface area (Å²) in [5.74, 6) is -3.20. The van der Waals surface area contributed by atoms with Gasteiger partial charge in [0, 0.05) is 31.7 Å². The molecule has 1 saturated heterocycles. The van der Waals surface area contributed by atoms with Gasteiger partial charge in [0.1, 0.15) is 18.1 Å². The third-order valence-corrected chi connectivity index (χ3v) is 9.40. The predicted octanol–water partition coefficient (Wildman–Crippen LogP) is 2.05. The van der Waals surface area contributed by atoms with Gasteiger partial charge in [-0.3, -0.25) is 28.8 Å². The summed E-state index contributed by atoms with van der Waals surface area (Å²) in [7, 11) is 0. The lowest BCUT2D eigenvalue weighted by Gasteiger charge is -2.31. The molecule has 5 atom stereocenters. The molecule has 1 fully saturated rings. The van der Waals surface area contributed by atoms with Crippen molar-refractivity contribution in [2.45, 2.75) is 88.7 Å². The van der Waals surface area contributed by atoms with E-state index in [1.54, 1.807) is 24.3 Å². The Morgan fingerprint density at radius 1 is 0.854 bits per heavy atom. The van der Waals surface area contributed by atoms with Gasteiger partial charge in [-0.2, -0.15) is 0 Å². The van der Waals surface area contributed by atoms with Crippen LogP contribution in [0.1, 0.15) is 57.6 Å². The number of hydrogen-bond donors (Lipinski definition) is 5. The smallest absolute Gasteiger partial charge is 0.305 e. The highest BCUT2D eigenvalue weighted by molar-refractivity contribution is 8.00. The standard InChI is InChI=1S/C35H47N5O7S/c1-22(2)17-29(37-23(3)41)35(47)40-16-10-15-26(40)21-48-30(19-25-13-8-5-9-14-25)34(46)39-28(18-24-11-6-4-7-12-24)33(45)38-27(32(36)44)20-31(42)43/h4-9,11-14,22,26-30H,10,15-21H2,1-3H3,(H2,36,44)(H,37,41)(H,38,45)(H,39,46)(H,42,43)/t26-,27-,28+,29-,30-/m0/s1. The van der Waals surface area contributed by atoms with Crippen LogP contribution in [0.25, 0.3) is 0 Å². The molecule has 0 aliphatic carbocycles. The van der Waals surface area contributed by atoms with Crippen LogP contribution < -0.4 is 21.7 Å². The van der Waals surface area contributed by atoms with Crippen molar-refractivity contribution in [2.75, 3.05) is 12.3 Å². The molecule has 1 heterocycles. The maximum absolute atomic E-state index is 14.0. The number of primary amides is 1. The number of carbonyl (C=O) groups excluding carboxylic acids is 5. The fourth-order valence-electron chi connectivity index (χ4n) is 5.71. The lowest BCUT2D eigenvalue weighted by Crippen LogP contribution is -2.55. The van der Waals surface area contributed by atoms with Gasteiger partial charge in [-0.1, -0.05) is 74.5 Å². The molecule has 6 N–H and O–H groups in total. The van der Waals surface area contributed by atoms with Crippen molar-refractivity contribution in [1.29, 1.82) is 0 Å². The quantitative estimate of drug-likeness (QED) is 0.158. The lowest BCUT2D eigenvalue weighted by atomic mass is 10.0. The molecule has 12 nitrogen and oxygen atoms in total. The van der Waals surface area contributed by atoms with Gasteiger partial charge >= 0.3 is 5.97 Å². The van der Waals surface area contributed by atoms with Gasteiger partial charge in [-0.15, -0.1) is 11.8 Å². The van der Waals surface area contributed by atoms with E-state index in [9.17, 15) is 33.9 Å². The third kappa shape index (κ3) is 12.3. The number of nitrogens with two attached hydrogens (primary N) is 1. The van der Waals surface area contributed by atoms with E-state index >= 15 is 0 Å². The predicted molar refractivity (Wildman–Crippen MR) is 184 cm³/mol.